The Balaban J connectivity index is 0. The van der Waals surface area contributed by atoms with E-state index in [2.05, 4.69) is 20.1 Å². The Bertz CT molecular complexity index is 690. The van der Waals surface area contributed by atoms with E-state index in [1.165, 1.54) is 13.8 Å². The third kappa shape index (κ3) is 8.74. The van der Waals surface area contributed by atoms with Crippen molar-refractivity contribution in [2.45, 2.75) is 69.5 Å². The summed E-state index contributed by atoms with van der Waals surface area (Å²) in [6, 6.07) is 0. The van der Waals surface area contributed by atoms with Crippen LogP contribution in [0.25, 0.3) is 0 Å². The van der Waals surface area contributed by atoms with Crippen molar-refractivity contribution in [1.29, 1.82) is 0 Å². The highest BCUT2D eigenvalue weighted by molar-refractivity contribution is 7.86. The summed E-state index contributed by atoms with van der Waals surface area (Å²) in [5.74, 6) is -2.74. The third-order valence-corrected chi connectivity index (χ3v) is 5.42. The van der Waals surface area contributed by atoms with Gasteiger partial charge in [0.1, 0.15) is 17.5 Å². The molecule has 0 aromatic carbocycles. The molecule has 0 aromatic heterocycles. The van der Waals surface area contributed by atoms with Gasteiger partial charge in [-0.2, -0.15) is 8.42 Å². The van der Waals surface area contributed by atoms with Gasteiger partial charge >= 0.3 is 41.0 Å². The van der Waals surface area contributed by atoms with E-state index >= 15 is 0 Å². The van der Waals surface area contributed by atoms with Crippen LogP contribution in [0, 0.1) is 6.92 Å². The first-order chi connectivity index (χ1) is 13.4. The Labute approximate surface area is 194 Å². The van der Waals surface area contributed by atoms with E-state index in [0.717, 1.165) is 25.0 Å². The van der Waals surface area contributed by atoms with E-state index < -0.39 is 51.1 Å². The molecule has 0 spiro atoms. The molecule has 30 heavy (non-hydrogen) atoms. The smallest absolute Gasteiger partial charge is 0.330 e. The van der Waals surface area contributed by atoms with Crippen LogP contribution in [0.4, 0.5) is 0 Å². The van der Waals surface area contributed by atoms with Crippen molar-refractivity contribution >= 4 is 51.1 Å². The second kappa shape index (κ2) is 13.8. The summed E-state index contributed by atoms with van der Waals surface area (Å²) >= 11 is 0. The Morgan fingerprint density at radius 1 is 1.03 bits per heavy atom. The van der Waals surface area contributed by atoms with Crippen molar-refractivity contribution in [1.82, 2.24) is 0 Å². The number of esters is 3. The van der Waals surface area contributed by atoms with Gasteiger partial charge in [0.15, 0.2) is 0 Å². The van der Waals surface area contributed by atoms with Crippen LogP contribution in [0.3, 0.4) is 0 Å². The van der Waals surface area contributed by atoms with Crippen LogP contribution in [0.2, 0.25) is 0 Å². The van der Waals surface area contributed by atoms with E-state index in [-0.39, 0.29) is 29.5 Å². The lowest BCUT2D eigenvalue weighted by Crippen LogP contribution is -2.64. The molecule has 0 saturated carbocycles. The predicted molar refractivity (Wildman–Crippen MR) is 114 cm³/mol. The van der Waals surface area contributed by atoms with Crippen LogP contribution >= 0.6 is 0 Å². The van der Waals surface area contributed by atoms with Gasteiger partial charge in [-0.1, -0.05) is 32.9 Å². The maximum Gasteiger partial charge on any atom is 0.330 e. The van der Waals surface area contributed by atoms with Gasteiger partial charge in [0.2, 0.25) is 5.60 Å². The molecule has 0 aliphatic rings. The summed E-state index contributed by atoms with van der Waals surface area (Å²) in [4.78, 5) is 35.8. The first kappa shape index (κ1) is 30.8. The maximum absolute atomic E-state index is 12.4. The summed E-state index contributed by atoms with van der Waals surface area (Å²) in [5.41, 5.74) is -2.34. The van der Waals surface area contributed by atoms with Crippen molar-refractivity contribution in [3.05, 3.63) is 32.2 Å². The fourth-order valence-electron chi connectivity index (χ4n) is 2.71. The molecule has 9 nitrogen and oxygen atoms in total. The highest BCUT2D eigenvalue weighted by Crippen LogP contribution is 2.34. The lowest BCUT2D eigenvalue weighted by molar-refractivity contribution is -0.206. The first-order valence-electron chi connectivity index (χ1n) is 9.04. The Morgan fingerprint density at radius 2 is 1.47 bits per heavy atom. The molecule has 0 aliphatic carbocycles. The zero-order valence-electron chi connectivity index (χ0n) is 17.0. The van der Waals surface area contributed by atoms with Gasteiger partial charge in [0.05, 0.1) is 0 Å². The molecule has 169 valence electrons. The molecule has 1 radical (unpaired) electrons. The lowest BCUT2D eigenvalue weighted by atomic mass is 9.87. The average Bonchev–Trinajstić information content (AvgIpc) is 2.64. The Morgan fingerprint density at radius 3 is 1.80 bits per heavy atom. The molecule has 0 amide bonds. The molecular weight excluding hydrogens is 429 g/mol. The van der Waals surface area contributed by atoms with Crippen molar-refractivity contribution in [2.75, 3.05) is 0 Å². The summed E-state index contributed by atoms with van der Waals surface area (Å²) in [5, 5.41) is -2.05. The van der Waals surface area contributed by atoms with E-state index in [9.17, 15) is 27.4 Å². The fraction of sp³-hybridized carbons (Fsp3) is 0.579. The largest absolute Gasteiger partial charge is 0.455 e. The third-order valence-electron chi connectivity index (χ3n) is 4.33. The summed E-state index contributed by atoms with van der Waals surface area (Å²) in [6.07, 6.45) is 0.587. The highest BCUT2D eigenvalue weighted by atomic mass is 32.2. The van der Waals surface area contributed by atoms with Crippen LogP contribution < -0.4 is 0 Å². The molecular formula is C19H31MgO9S. The number of unbranched alkanes of at least 4 members (excludes halogenated alkanes) is 2. The van der Waals surface area contributed by atoms with Crippen LogP contribution in [0.5, 0.6) is 0 Å². The second-order valence-electron chi connectivity index (χ2n) is 6.35. The first-order valence-corrected chi connectivity index (χ1v) is 10.5. The molecule has 0 bridgehead atoms. The summed E-state index contributed by atoms with van der Waals surface area (Å²) < 4.78 is 49.0. The number of rotatable bonds is 13. The minimum absolute atomic E-state index is 0. The molecule has 0 saturated heterocycles. The Kier molecular flexibility index (Phi) is 14.1. The second-order valence-corrected chi connectivity index (χ2v) is 7.95. The van der Waals surface area contributed by atoms with Crippen molar-refractivity contribution in [2.24, 2.45) is 0 Å². The number of carbonyl (C=O) groups excluding carboxylic acids is 3. The topological polar surface area (TPSA) is 133 Å². The van der Waals surface area contributed by atoms with Crippen LogP contribution in [0.15, 0.2) is 25.3 Å². The predicted octanol–water partition coefficient (Wildman–Crippen LogP) is 1.26. The maximum atomic E-state index is 12.4. The highest BCUT2D eigenvalue weighted by Gasteiger charge is 2.58. The van der Waals surface area contributed by atoms with Crippen LogP contribution in [-0.2, 0) is 38.7 Å². The van der Waals surface area contributed by atoms with E-state index in [1.54, 1.807) is 0 Å². The minimum Gasteiger partial charge on any atom is -0.455 e. The molecule has 0 fully saturated rings. The molecule has 0 aromatic rings. The molecule has 11 heteroatoms. The van der Waals surface area contributed by atoms with Crippen molar-refractivity contribution < 1.29 is 41.6 Å². The van der Waals surface area contributed by atoms with Crippen LogP contribution in [0.1, 0.15) is 46.5 Å². The molecule has 0 rings (SSSR count). The fourth-order valence-corrected chi connectivity index (χ4v) is 3.61. The monoisotopic (exact) mass is 459 g/mol. The van der Waals surface area contributed by atoms with Gasteiger partial charge in [-0.05, 0) is 27.2 Å². The molecule has 3 atom stereocenters. The summed E-state index contributed by atoms with van der Waals surface area (Å²) in [7, 11) is -4.93. The normalized spacial score (nSPS) is 15.9. The number of hydrogen-bond donors (Lipinski definition) is 1. The van der Waals surface area contributed by atoms with Crippen molar-refractivity contribution in [3.8, 4) is 0 Å². The van der Waals surface area contributed by atoms with Gasteiger partial charge in [-0.15, -0.1) is 0 Å². The number of ether oxygens (including phenoxy) is 3. The molecule has 1 N–H and O–H groups in total. The van der Waals surface area contributed by atoms with E-state index in [0.29, 0.717) is 6.42 Å². The van der Waals surface area contributed by atoms with Gasteiger partial charge in [-0.25, -0.2) is 9.59 Å². The molecule has 3 unspecified atom stereocenters. The molecule has 0 aliphatic heterocycles. The lowest BCUT2D eigenvalue weighted by Gasteiger charge is -2.43. The molecule has 0 heterocycles. The van der Waals surface area contributed by atoms with Gasteiger partial charge in [-0.3, -0.25) is 9.35 Å². The SMILES string of the molecule is [CH2]C(C(OC(=O)CCCCC)(C(C)OC(=O)C=C)C(C)OC(=O)C=C)S(=O)(=O)O.[MgH2]. The Hall–Kier alpha value is -1.43. The van der Waals surface area contributed by atoms with Gasteiger partial charge < -0.3 is 14.2 Å². The van der Waals surface area contributed by atoms with Crippen LogP contribution in [-0.4, -0.2) is 77.0 Å². The summed E-state index contributed by atoms with van der Waals surface area (Å²) in [6.45, 7) is 14.2. The van der Waals surface area contributed by atoms with E-state index in [1.807, 2.05) is 6.92 Å². The average molecular weight is 460 g/mol. The van der Waals surface area contributed by atoms with Gasteiger partial charge in [0.25, 0.3) is 10.1 Å². The van der Waals surface area contributed by atoms with Crippen molar-refractivity contribution in [3.63, 3.8) is 0 Å². The van der Waals surface area contributed by atoms with Gasteiger partial charge in [0, 0.05) is 18.6 Å². The standard InChI is InChI=1S/C19H29O9S.Mg.2H/c1-7-10-11-12-18(22)28-19(15(6)29(23,24)25,13(4)26-16(20)8-2)14(5)27-17(21)9-3;;;/h8-9,13-15H,2-3,6-7,10-12H2,1,4-5H3,(H,23,24,25);;;. The van der Waals surface area contributed by atoms with E-state index in [4.69, 9.17) is 14.2 Å². The minimum atomic E-state index is -4.93. The number of carbonyl (C=O) groups is 3. The quantitative estimate of drug-likeness (QED) is 0.108. The zero-order valence-corrected chi connectivity index (χ0v) is 17.8. The zero-order chi connectivity index (χ0) is 22.8. The number of hydrogen-bond acceptors (Lipinski definition) is 8.